The summed E-state index contributed by atoms with van der Waals surface area (Å²) in [6.07, 6.45) is -0.638. The fourth-order valence-electron chi connectivity index (χ4n) is 1.96. The number of anilines is 1. The van der Waals surface area contributed by atoms with Gasteiger partial charge in [0.2, 0.25) is 5.91 Å². The number of carbonyl (C=O) groups is 1. The lowest BCUT2D eigenvalue weighted by Gasteiger charge is -2.11. The molecule has 0 radical (unpaired) electrons. The number of halogens is 1. The maximum Gasteiger partial charge on any atom is 0.277 e. The van der Waals surface area contributed by atoms with E-state index in [0.29, 0.717) is 11.6 Å². The summed E-state index contributed by atoms with van der Waals surface area (Å²) in [5.74, 6) is 0.491. The number of hydrogen-bond donors (Lipinski definition) is 1. The topological polar surface area (TPSA) is 103 Å². The summed E-state index contributed by atoms with van der Waals surface area (Å²) in [6, 6.07) is 7.64. The third-order valence-corrected chi connectivity index (χ3v) is 3.95. The molecule has 1 N–H and O–H groups in total. The van der Waals surface area contributed by atoms with Gasteiger partial charge < -0.3 is 19.0 Å². The molecule has 2 aromatic heterocycles. The van der Waals surface area contributed by atoms with Gasteiger partial charge in [-0.1, -0.05) is 29.1 Å². The van der Waals surface area contributed by atoms with Gasteiger partial charge in [-0.3, -0.25) is 4.79 Å². The summed E-state index contributed by atoms with van der Waals surface area (Å²) in [4.78, 5) is 11.8. The Kier molecular flexibility index (Phi) is 5.52. The van der Waals surface area contributed by atoms with Crippen LogP contribution >= 0.6 is 11.8 Å². The average Bonchev–Trinajstić information content (AvgIpc) is 3.24. The van der Waals surface area contributed by atoms with Crippen molar-refractivity contribution >= 4 is 23.5 Å². The lowest BCUT2D eigenvalue weighted by molar-refractivity contribution is -0.113. The second-order valence-electron chi connectivity index (χ2n) is 5.26. The number of nitrogens with one attached hydrogen (secondary N) is 1. The van der Waals surface area contributed by atoms with Crippen molar-refractivity contribution < 1.29 is 22.9 Å². The van der Waals surface area contributed by atoms with Crippen LogP contribution in [0.5, 0.6) is 5.75 Å². The molecule has 0 spiro atoms. The molecule has 2 heterocycles. The maximum atomic E-state index is 13.6. The highest BCUT2D eigenvalue weighted by Gasteiger charge is 2.18. The van der Waals surface area contributed by atoms with E-state index in [0.717, 1.165) is 11.8 Å². The minimum absolute atomic E-state index is 0.0517. The van der Waals surface area contributed by atoms with Crippen LogP contribution in [0.4, 0.5) is 10.2 Å². The number of rotatable bonds is 7. The van der Waals surface area contributed by atoms with Crippen molar-refractivity contribution in [1.82, 2.24) is 15.4 Å². The van der Waals surface area contributed by atoms with Crippen LogP contribution in [0.25, 0.3) is 0 Å². The quantitative estimate of drug-likeness (QED) is 0.624. The first-order valence-electron chi connectivity index (χ1n) is 7.62. The van der Waals surface area contributed by atoms with Gasteiger partial charge in [0.1, 0.15) is 5.76 Å². The molecule has 0 saturated heterocycles. The van der Waals surface area contributed by atoms with E-state index < -0.39 is 11.9 Å². The van der Waals surface area contributed by atoms with Gasteiger partial charge in [0.25, 0.3) is 11.1 Å². The van der Waals surface area contributed by atoms with Crippen LogP contribution in [0.1, 0.15) is 24.7 Å². The highest BCUT2D eigenvalue weighted by Crippen LogP contribution is 2.25. The summed E-state index contributed by atoms with van der Waals surface area (Å²) in [7, 11) is 0. The summed E-state index contributed by atoms with van der Waals surface area (Å²) in [6.45, 7) is 3.38. The predicted molar refractivity (Wildman–Crippen MR) is 90.3 cm³/mol. The molecule has 26 heavy (non-hydrogen) atoms. The Bertz CT molecular complexity index is 898. The molecule has 136 valence electrons. The second-order valence-corrected chi connectivity index (χ2v) is 6.18. The van der Waals surface area contributed by atoms with Crippen molar-refractivity contribution in [2.75, 3.05) is 11.1 Å². The number of para-hydroxylation sites is 1. The smallest absolute Gasteiger partial charge is 0.277 e. The van der Waals surface area contributed by atoms with Crippen LogP contribution in [-0.4, -0.2) is 27.0 Å². The van der Waals surface area contributed by atoms with E-state index in [-0.39, 0.29) is 28.5 Å². The van der Waals surface area contributed by atoms with Crippen molar-refractivity contribution in [3.63, 3.8) is 0 Å². The Morgan fingerprint density at radius 1 is 1.38 bits per heavy atom. The third-order valence-electron chi connectivity index (χ3n) is 3.13. The largest absolute Gasteiger partial charge is 0.478 e. The Morgan fingerprint density at radius 3 is 2.92 bits per heavy atom. The van der Waals surface area contributed by atoms with Gasteiger partial charge in [-0.2, -0.15) is 0 Å². The number of aryl methyl sites for hydroxylation is 1. The van der Waals surface area contributed by atoms with Crippen LogP contribution in [0, 0.1) is 12.7 Å². The number of carbonyl (C=O) groups excluding carboxylic acids is 1. The zero-order valence-corrected chi connectivity index (χ0v) is 14.7. The molecule has 1 amide bonds. The minimum atomic E-state index is -0.638. The van der Waals surface area contributed by atoms with Gasteiger partial charge in [0.05, 0.1) is 5.75 Å². The number of benzene rings is 1. The molecule has 3 aromatic rings. The zero-order chi connectivity index (χ0) is 18.5. The summed E-state index contributed by atoms with van der Waals surface area (Å²) in [5, 5.41) is 14.2. The molecule has 0 bridgehead atoms. The summed E-state index contributed by atoms with van der Waals surface area (Å²) in [5.41, 5.74) is 0. The molecule has 0 fully saturated rings. The number of nitrogens with zero attached hydrogens (tertiary/aromatic N) is 3. The average molecular weight is 378 g/mol. The molecule has 0 aliphatic rings. The summed E-state index contributed by atoms with van der Waals surface area (Å²) < 4.78 is 29.4. The van der Waals surface area contributed by atoms with E-state index in [1.54, 1.807) is 32.0 Å². The molecule has 0 saturated carbocycles. The molecule has 0 unspecified atom stereocenters. The van der Waals surface area contributed by atoms with E-state index in [4.69, 9.17) is 13.7 Å². The predicted octanol–water partition coefficient (Wildman–Crippen LogP) is 3.38. The molecule has 8 nitrogen and oxygen atoms in total. The lowest BCUT2D eigenvalue weighted by atomic mass is 10.3. The Labute approximate surface area is 152 Å². The van der Waals surface area contributed by atoms with Crippen LogP contribution in [0.3, 0.4) is 0 Å². The standard InChI is InChI=1S/C16H15FN4O4S/c1-9-7-13(21-25-9)18-14(22)8-26-16-20-19-15(24-16)10(2)23-12-6-4-3-5-11(12)17/h3-7,10H,8H2,1-2H3,(H,18,21,22)/t10-/m0/s1. The highest BCUT2D eigenvalue weighted by atomic mass is 32.2. The maximum absolute atomic E-state index is 13.6. The number of ether oxygens (including phenoxy) is 1. The van der Waals surface area contributed by atoms with Gasteiger partial charge in [-0.25, -0.2) is 4.39 Å². The van der Waals surface area contributed by atoms with Crippen molar-refractivity contribution in [1.29, 1.82) is 0 Å². The van der Waals surface area contributed by atoms with Crippen LogP contribution in [0.15, 0.2) is 44.5 Å². The minimum Gasteiger partial charge on any atom is -0.478 e. The van der Waals surface area contributed by atoms with Gasteiger partial charge in [-0.05, 0) is 26.0 Å². The number of amides is 1. The van der Waals surface area contributed by atoms with Gasteiger partial charge in [0.15, 0.2) is 23.5 Å². The zero-order valence-electron chi connectivity index (χ0n) is 13.9. The molecular weight excluding hydrogens is 363 g/mol. The normalized spacial score (nSPS) is 12.0. The van der Waals surface area contributed by atoms with Gasteiger partial charge in [-0.15, -0.1) is 10.2 Å². The SMILES string of the molecule is Cc1cc(NC(=O)CSc2nnc([C@H](C)Oc3ccccc3F)o2)no1. The van der Waals surface area contributed by atoms with E-state index in [9.17, 15) is 9.18 Å². The molecular formula is C16H15FN4O4S. The van der Waals surface area contributed by atoms with Crippen molar-refractivity contribution in [2.45, 2.75) is 25.2 Å². The van der Waals surface area contributed by atoms with Crippen LogP contribution in [-0.2, 0) is 4.79 Å². The first-order chi connectivity index (χ1) is 12.5. The molecule has 3 rings (SSSR count). The van der Waals surface area contributed by atoms with E-state index in [2.05, 4.69) is 20.7 Å². The molecule has 1 atom stereocenters. The molecule has 1 aromatic carbocycles. The van der Waals surface area contributed by atoms with Gasteiger partial charge >= 0.3 is 0 Å². The van der Waals surface area contributed by atoms with Crippen molar-refractivity contribution in [3.05, 3.63) is 47.8 Å². The Morgan fingerprint density at radius 2 is 2.19 bits per heavy atom. The van der Waals surface area contributed by atoms with E-state index >= 15 is 0 Å². The molecule has 0 aliphatic carbocycles. The lowest BCUT2D eigenvalue weighted by Crippen LogP contribution is -2.14. The molecule has 10 heteroatoms. The number of thioether (sulfide) groups is 1. The number of aromatic nitrogens is 3. The first-order valence-corrected chi connectivity index (χ1v) is 8.60. The monoisotopic (exact) mass is 378 g/mol. The molecule has 0 aliphatic heterocycles. The number of hydrogen-bond acceptors (Lipinski definition) is 8. The third kappa shape index (κ3) is 4.60. The van der Waals surface area contributed by atoms with E-state index in [1.165, 1.54) is 12.1 Å². The Hall–Kier alpha value is -2.88. The fraction of sp³-hybridized carbons (Fsp3) is 0.250. The Balaban J connectivity index is 1.52. The van der Waals surface area contributed by atoms with E-state index in [1.807, 2.05) is 0 Å². The fourth-order valence-corrected chi connectivity index (χ4v) is 2.53. The van der Waals surface area contributed by atoms with Crippen LogP contribution < -0.4 is 10.1 Å². The van der Waals surface area contributed by atoms with Crippen LogP contribution in [0.2, 0.25) is 0 Å². The summed E-state index contributed by atoms with van der Waals surface area (Å²) >= 11 is 1.06. The second kappa shape index (κ2) is 8.00. The van der Waals surface area contributed by atoms with Gasteiger partial charge in [0, 0.05) is 6.07 Å². The van der Waals surface area contributed by atoms with Crippen molar-refractivity contribution in [2.24, 2.45) is 0 Å². The van der Waals surface area contributed by atoms with Crippen molar-refractivity contribution in [3.8, 4) is 5.75 Å². The highest BCUT2D eigenvalue weighted by molar-refractivity contribution is 7.99. The first kappa shape index (κ1) is 17.9.